The third-order valence-corrected chi connectivity index (χ3v) is 4.71. The summed E-state index contributed by atoms with van der Waals surface area (Å²) in [6, 6.07) is 13.2. The molecule has 0 fully saturated rings. The predicted molar refractivity (Wildman–Crippen MR) is 107 cm³/mol. The van der Waals surface area contributed by atoms with Crippen molar-refractivity contribution in [2.45, 2.75) is 6.42 Å². The molecule has 0 saturated carbocycles. The number of pyridine rings is 1. The largest absolute Gasteiger partial charge is 0.389 e. The average molecular weight is 455 g/mol. The molecule has 0 spiro atoms. The third-order valence-electron chi connectivity index (χ3n) is 3.58. The van der Waals surface area contributed by atoms with Crippen LogP contribution in [0.3, 0.4) is 0 Å². The summed E-state index contributed by atoms with van der Waals surface area (Å²) in [6.07, 6.45) is 0.529. The molecule has 2 aromatic carbocycles. The minimum Gasteiger partial charge on any atom is -0.389 e. The lowest BCUT2D eigenvalue weighted by Gasteiger charge is -2.11. The van der Waals surface area contributed by atoms with E-state index in [4.69, 9.17) is 29.6 Å². The first-order valence-electron chi connectivity index (χ1n) is 6.84. The maximum atomic E-state index is 12.8. The van der Waals surface area contributed by atoms with Gasteiger partial charge in [0.25, 0.3) is 0 Å². The van der Waals surface area contributed by atoms with E-state index in [2.05, 4.69) is 27.6 Å². The van der Waals surface area contributed by atoms with Crippen LogP contribution in [-0.4, -0.2) is 9.97 Å². The van der Waals surface area contributed by atoms with Crippen molar-refractivity contribution >= 4 is 62.3 Å². The van der Waals surface area contributed by atoms with E-state index in [0.29, 0.717) is 22.4 Å². The van der Waals surface area contributed by atoms with E-state index in [1.165, 1.54) is 0 Å². The highest BCUT2D eigenvalue weighted by atomic mass is 127. The van der Waals surface area contributed by atoms with Gasteiger partial charge in [-0.2, -0.15) is 0 Å². The zero-order chi connectivity index (χ0) is 16.6. The second kappa shape index (κ2) is 6.59. The summed E-state index contributed by atoms with van der Waals surface area (Å²) in [4.78, 5) is 16.2. The predicted octanol–water partition coefficient (Wildman–Crippen LogP) is 4.01. The molecule has 0 atom stereocenters. The molecular formula is C17H12ClIN2OS. The first-order chi connectivity index (χ1) is 11.0. The third kappa shape index (κ3) is 3.41. The zero-order valence-corrected chi connectivity index (χ0v) is 15.6. The van der Waals surface area contributed by atoms with E-state index in [1.807, 2.05) is 42.5 Å². The Morgan fingerprint density at radius 2 is 1.91 bits per heavy atom. The summed E-state index contributed by atoms with van der Waals surface area (Å²) in [6.45, 7) is 0. The van der Waals surface area contributed by atoms with Gasteiger partial charge in [0.2, 0.25) is 0 Å². The van der Waals surface area contributed by atoms with E-state index < -0.39 is 0 Å². The molecule has 0 saturated heterocycles. The van der Waals surface area contributed by atoms with E-state index in [1.54, 1.807) is 0 Å². The topological polar surface area (TPSA) is 58.9 Å². The van der Waals surface area contributed by atoms with Gasteiger partial charge in [-0.1, -0.05) is 36.0 Å². The van der Waals surface area contributed by atoms with Crippen LogP contribution in [0.1, 0.15) is 16.8 Å². The van der Waals surface area contributed by atoms with Gasteiger partial charge in [0, 0.05) is 31.6 Å². The fraction of sp³-hybridized carbons (Fsp3) is 0.0588. The van der Waals surface area contributed by atoms with Crippen LogP contribution in [0, 0.1) is 3.57 Å². The Hall–Kier alpha value is -1.44. The Labute approximate surface area is 157 Å². The van der Waals surface area contributed by atoms with Crippen molar-refractivity contribution in [3.05, 3.63) is 78.1 Å². The summed E-state index contributed by atoms with van der Waals surface area (Å²) >= 11 is 13.2. The Kier molecular flexibility index (Phi) is 4.70. The highest BCUT2D eigenvalue weighted by molar-refractivity contribution is 14.1. The molecule has 0 aliphatic carbocycles. The number of H-pyrrole nitrogens is 1. The second-order valence-electron chi connectivity index (χ2n) is 5.17. The number of benzene rings is 2. The molecule has 0 aliphatic heterocycles. The highest BCUT2D eigenvalue weighted by Gasteiger charge is 2.15. The number of aromatic nitrogens is 1. The maximum absolute atomic E-state index is 12.8. The van der Waals surface area contributed by atoms with Gasteiger partial charge in [0.1, 0.15) is 4.99 Å². The van der Waals surface area contributed by atoms with Gasteiger partial charge in [0.05, 0.1) is 5.56 Å². The molecule has 0 amide bonds. The van der Waals surface area contributed by atoms with E-state index in [9.17, 15) is 4.79 Å². The lowest BCUT2D eigenvalue weighted by Crippen LogP contribution is -2.24. The van der Waals surface area contributed by atoms with Crippen LogP contribution in [0.4, 0.5) is 0 Å². The Bertz CT molecular complexity index is 967. The molecule has 3 nitrogen and oxygen atoms in total. The van der Waals surface area contributed by atoms with Gasteiger partial charge in [-0.25, -0.2) is 0 Å². The van der Waals surface area contributed by atoms with Crippen molar-refractivity contribution < 1.29 is 0 Å². The fourth-order valence-corrected chi connectivity index (χ4v) is 3.34. The van der Waals surface area contributed by atoms with Gasteiger partial charge in [-0.3, -0.25) is 4.79 Å². The monoisotopic (exact) mass is 454 g/mol. The Morgan fingerprint density at radius 3 is 2.57 bits per heavy atom. The van der Waals surface area contributed by atoms with Crippen molar-refractivity contribution in [3.8, 4) is 0 Å². The van der Waals surface area contributed by atoms with Crippen molar-refractivity contribution in [2.24, 2.45) is 5.73 Å². The lowest BCUT2D eigenvalue weighted by molar-refractivity contribution is 1.08. The van der Waals surface area contributed by atoms with Gasteiger partial charge in [-0.15, -0.1) is 0 Å². The van der Waals surface area contributed by atoms with Gasteiger partial charge < -0.3 is 10.7 Å². The van der Waals surface area contributed by atoms with Crippen molar-refractivity contribution in [3.63, 3.8) is 0 Å². The zero-order valence-electron chi connectivity index (χ0n) is 11.9. The average Bonchev–Trinajstić information content (AvgIpc) is 2.50. The molecule has 1 aromatic heterocycles. The first-order valence-corrected chi connectivity index (χ1v) is 8.71. The van der Waals surface area contributed by atoms with Gasteiger partial charge in [0.15, 0.2) is 5.43 Å². The molecule has 23 heavy (non-hydrogen) atoms. The number of fused-ring (bicyclic) bond motifs is 1. The van der Waals surface area contributed by atoms with Gasteiger partial charge in [-0.05, 0) is 58.5 Å². The van der Waals surface area contributed by atoms with E-state index >= 15 is 0 Å². The summed E-state index contributed by atoms with van der Waals surface area (Å²) in [7, 11) is 0. The molecule has 0 unspecified atom stereocenters. The number of halogens is 2. The van der Waals surface area contributed by atoms with Crippen LogP contribution in [0.25, 0.3) is 10.9 Å². The molecule has 0 radical (unpaired) electrons. The smallest absolute Gasteiger partial charge is 0.199 e. The molecule has 3 N–H and O–H groups in total. The molecule has 3 rings (SSSR count). The lowest BCUT2D eigenvalue weighted by atomic mass is 10.0. The van der Waals surface area contributed by atoms with Gasteiger partial charge >= 0.3 is 0 Å². The van der Waals surface area contributed by atoms with Crippen molar-refractivity contribution in [1.82, 2.24) is 4.98 Å². The SMILES string of the molecule is NC(=S)c1c(Cc2ccc(Cl)cc2)[nH]c2ccc(I)cc2c1=O. The Balaban J connectivity index is 2.20. The summed E-state index contributed by atoms with van der Waals surface area (Å²) in [5.41, 5.74) is 8.58. The molecule has 0 aliphatic rings. The summed E-state index contributed by atoms with van der Waals surface area (Å²) < 4.78 is 0.986. The molecule has 6 heteroatoms. The Morgan fingerprint density at radius 1 is 1.22 bits per heavy atom. The summed E-state index contributed by atoms with van der Waals surface area (Å²) in [5.74, 6) is 0. The number of rotatable bonds is 3. The van der Waals surface area contributed by atoms with Crippen LogP contribution in [0.15, 0.2) is 47.3 Å². The number of nitrogens with one attached hydrogen (secondary N) is 1. The highest BCUT2D eigenvalue weighted by Crippen LogP contribution is 2.18. The maximum Gasteiger partial charge on any atom is 0.199 e. The van der Waals surface area contributed by atoms with E-state index in [0.717, 1.165) is 20.3 Å². The normalized spacial score (nSPS) is 10.9. The van der Waals surface area contributed by atoms with Crippen LogP contribution < -0.4 is 11.2 Å². The quantitative estimate of drug-likeness (QED) is 0.464. The summed E-state index contributed by atoms with van der Waals surface area (Å²) in [5, 5.41) is 1.27. The van der Waals surface area contributed by atoms with Crippen LogP contribution in [0.2, 0.25) is 5.02 Å². The molecular weight excluding hydrogens is 443 g/mol. The number of thiocarbonyl (C=S) groups is 1. The minimum absolute atomic E-state index is 0.107. The minimum atomic E-state index is -0.131. The van der Waals surface area contributed by atoms with Crippen molar-refractivity contribution in [1.29, 1.82) is 0 Å². The number of aromatic amines is 1. The van der Waals surface area contributed by atoms with Crippen molar-refractivity contribution in [2.75, 3.05) is 0 Å². The van der Waals surface area contributed by atoms with Crippen LogP contribution >= 0.6 is 46.4 Å². The fourth-order valence-electron chi connectivity index (χ4n) is 2.51. The molecule has 3 aromatic rings. The second-order valence-corrected chi connectivity index (χ2v) is 7.29. The standard InChI is InChI=1S/C17H12ClIN2OS/c18-10-3-1-9(2-4-10)7-14-15(17(20)23)16(22)12-8-11(19)5-6-13(12)21-14/h1-6,8H,7H2,(H2,20,23)(H,21,22). The number of nitrogens with two attached hydrogens (primary N) is 1. The molecule has 1 heterocycles. The number of hydrogen-bond donors (Lipinski definition) is 2. The van der Waals surface area contributed by atoms with Crippen LogP contribution in [0.5, 0.6) is 0 Å². The van der Waals surface area contributed by atoms with E-state index in [-0.39, 0.29) is 10.4 Å². The molecule has 116 valence electrons. The molecule has 0 bridgehead atoms. The number of hydrogen-bond acceptors (Lipinski definition) is 2. The van der Waals surface area contributed by atoms with Crippen LogP contribution in [-0.2, 0) is 6.42 Å². The first kappa shape index (κ1) is 16.4.